The Kier molecular flexibility index (Phi) is 10.8. The van der Waals surface area contributed by atoms with E-state index in [4.69, 9.17) is 8.95 Å². The van der Waals surface area contributed by atoms with Crippen LogP contribution in [0.5, 0.6) is 0 Å². The maximum atomic E-state index is 15.3. The average molecular weight is 677 g/mol. The van der Waals surface area contributed by atoms with Gasteiger partial charge in [0.25, 0.3) is 7.37 Å². The van der Waals surface area contributed by atoms with Gasteiger partial charge in [0.2, 0.25) is 0 Å². The van der Waals surface area contributed by atoms with Crippen LogP contribution < -0.4 is 0 Å². The third-order valence-electron chi connectivity index (χ3n) is 9.63. The molecule has 0 aromatic heterocycles. The Hall–Kier alpha value is -3.09. The minimum atomic E-state index is -3.85. The number of rotatable bonds is 11. The first kappa shape index (κ1) is 36.7. The second-order valence-electron chi connectivity index (χ2n) is 15.3. The molecule has 0 saturated heterocycles. The summed E-state index contributed by atoms with van der Waals surface area (Å²) in [6.45, 7) is 14.7. The first-order valence-corrected chi connectivity index (χ1v) is 18.7. The number of hydrogen-bond donors (Lipinski definition) is 1. The Morgan fingerprint density at radius 1 is 0.936 bits per heavy atom. The van der Waals surface area contributed by atoms with Gasteiger partial charge in [0.05, 0.1) is 0 Å². The molecule has 1 N–H and O–H groups in total. The van der Waals surface area contributed by atoms with E-state index in [9.17, 15) is 14.3 Å². The lowest BCUT2D eigenvalue weighted by Crippen LogP contribution is -2.54. The van der Waals surface area contributed by atoms with Gasteiger partial charge in [-0.2, -0.15) is 0 Å². The summed E-state index contributed by atoms with van der Waals surface area (Å²) < 4.78 is 41.6. The molecule has 2 unspecified atom stereocenters. The highest BCUT2D eigenvalue weighted by atomic mass is 31.2. The molecule has 0 saturated carbocycles. The summed E-state index contributed by atoms with van der Waals surface area (Å²) in [7, 11) is -2.24. The van der Waals surface area contributed by atoms with Crippen molar-refractivity contribution in [2.45, 2.75) is 72.6 Å². The van der Waals surface area contributed by atoms with Crippen molar-refractivity contribution in [3.8, 4) is 0 Å². The van der Waals surface area contributed by atoms with Crippen molar-refractivity contribution in [1.29, 1.82) is 0 Å². The molecule has 0 aliphatic heterocycles. The SMILES string of the molecule is COP(=O)(C=CC1=C(c2ccc(F)cc2)CC(C)(C)CC1(C)C)[C@H](O[SiH3])C(C(C)(C)C)C(C(=O)O)(c1ccccc1)c1ccccc1. The van der Waals surface area contributed by atoms with Crippen LogP contribution in [0.1, 0.15) is 78.0 Å². The molecule has 0 radical (unpaired) electrons. The molecule has 47 heavy (non-hydrogen) atoms. The quantitative estimate of drug-likeness (QED) is 0.162. The van der Waals surface area contributed by atoms with Crippen molar-refractivity contribution in [2.24, 2.45) is 22.2 Å². The number of benzene rings is 3. The van der Waals surface area contributed by atoms with Crippen molar-refractivity contribution >= 4 is 29.4 Å². The first-order valence-electron chi connectivity index (χ1n) is 16.1. The maximum absolute atomic E-state index is 15.3. The largest absolute Gasteiger partial charge is 0.480 e. The minimum absolute atomic E-state index is 0.0139. The van der Waals surface area contributed by atoms with Crippen LogP contribution in [0.4, 0.5) is 4.39 Å². The van der Waals surface area contributed by atoms with Crippen LogP contribution >= 0.6 is 7.37 Å². The number of carbonyl (C=O) groups is 1. The molecule has 3 aromatic rings. The number of carboxylic acid groups (broad SMARTS) is 1. The van der Waals surface area contributed by atoms with E-state index in [2.05, 4.69) is 27.7 Å². The molecule has 1 aliphatic carbocycles. The zero-order valence-electron chi connectivity index (χ0n) is 29.2. The lowest BCUT2D eigenvalue weighted by Gasteiger charge is -2.49. The Balaban J connectivity index is 1.99. The second kappa shape index (κ2) is 13.8. The summed E-state index contributed by atoms with van der Waals surface area (Å²) in [5.41, 5.74) is 1.47. The van der Waals surface area contributed by atoms with Gasteiger partial charge in [-0.25, -0.2) is 4.39 Å². The molecule has 252 valence electrons. The number of halogens is 1. The first-order chi connectivity index (χ1) is 21.9. The van der Waals surface area contributed by atoms with E-state index in [0.29, 0.717) is 11.1 Å². The predicted octanol–water partition coefficient (Wildman–Crippen LogP) is 9.22. The Morgan fingerprint density at radius 3 is 1.87 bits per heavy atom. The average Bonchev–Trinajstić information content (AvgIpc) is 3.00. The summed E-state index contributed by atoms with van der Waals surface area (Å²) in [5.74, 6) is -1.62. The van der Waals surface area contributed by atoms with E-state index in [1.807, 2.05) is 87.5 Å². The fourth-order valence-corrected chi connectivity index (χ4v) is 11.5. The number of carboxylic acids is 1. The highest BCUT2D eigenvalue weighted by molar-refractivity contribution is 7.62. The molecular formula is C39H50FO5PSi. The van der Waals surface area contributed by atoms with Crippen LogP contribution in [-0.2, 0) is 23.7 Å². The van der Waals surface area contributed by atoms with Crippen LogP contribution in [-0.4, -0.2) is 34.5 Å². The van der Waals surface area contributed by atoms with Crippen LogP contribution in [0.2, 0.25) is 0 Å². The monoisotopic (exact) mass is 676 g/mol. The number of allylic oxidation sites excluding steroid dienone is 3. The van der Waals surface area contributed by atoms with Gasteiger partial charge in [-0.05, 0) is 69.1 Å². The molecule has 3 atom stereocenters. The fraction of sp³-hybridized carbons (Fsp3) is 0.410. The normalized spacial score (nSPS) is 19.3. The van der Waals surface area contributed by atoms with Crippen LogP contribution in [0, 0.1) is 28.0 Å². The van der Waals surface area contributed by atoms with Gasteiger partial charge in [0.1, 0.15) is 27.6 Å². The summed E-state index contributed by atoms with van der Waals surface area (Å²) in [5, 5.41) is 11.4. The van der Waals surface area contributed by atoms with Crippen LogP contribution in [0.25, 0.3) is 5.57 Å². The Labute approximate surface area is 283 Å². The van der Waals surface area contributed by atoms with E-state index < -0.39 is 35.9 Å². The lowest BCUT2D eigenvalue weighted by atomic mass is 9.58. The maximum Gasteiger partial charge on any atom is 0.319 e. The summed E-state index contributed by atoms with van der Waals surface area (Å²) in [4.78, 5) is 13.9. The van der Waals surface area contributed by atoms with Crippen molar-refractivity contribution < 1.29 is 27.8 Å². The molecule has 0 fully saturated rings. The fourth-order valence-electron chi connectivity index (χ4n) is 8.09. The molecule has 0 spiro atoms. The molecule has 3 aromatic carbocycles. The van der Waals surface area contributed by atoms with Crippen molar-refractivity contribution in [1.82, 2.24) is 0 Å². The van der Waals surface area contributed by atoms with Gasteiger partial charge in [-0.3, -0.25) is 9.36 Å². The van der Waals surface area contributed by atoms with Crippen LogP contribution in [0.3, 0.4) is 0 Å². The summed E-state index contributed by atoms with van der Waals surface area (Å²) >= 11 is 0. The molecule has 0 amide bonds. The van der Waals surface area contributed by atoms with Crippen molar-refractivity contribution in [3.05, 3.63) is 125 Å². The predicted molar refractivity (Wildman–Crippen MR) is 193 cm³/mol. The molecule has 5 nitrogen and oxygen atoms in total. The third kappa shape index (κ3) is 7.34. The number of hydrogen-bond acceptors (Lipinski definition) is 4. The lowest BCUT2D eigenvalue weighted by molar-refractivity contribution is -0.147. The molecule has 4 rings (SSSR count). The Morgan fingerprint density at radius 2 is 1.45 bits per heavy atom. The third-order valence-corrected chi connectivity index (χ3v) is 12.9. The Bertz CT molecular complexity index is 1620. The smallest absolute Gasteiger partial charge is 0.319 e. The van der Waals surface area contributed by atoms with Gasteiger partial charge in [0, 0.05) is 18.8 Å². The second-order valence-corrected chi connectivity index (χ2v) is 18.2. The highest BCUT2D eigenvalue weighted by Gasteiger charge is 2.59. The van der Waals surface area contributed by atoms with Crippen molar-refractivity contribution in [2.75, 3.05) is 7.11 Å². The molecule has 1 aliphatic rings. The minimum Gasteiger partial charge on any atom is -0.480 e. The molecule has 0 bridgehead atoms. The van der Waals surface area contributed by atoms with E-state index in [1.165, 1.54) is 19.2 Å². The van der Waals surface area contributed by atoms with Gasteiger partial charge < -0.3 is 14.1 Å². The van der Waals surface area contributed by atoms with E-state index in [0.717, 1.165) is 29.6 Å². The van der Waals surface area contributed by atoms with E-state index >= 15 is 4.57 Å². The highest BCUT2D eigenvalue weighted by Crippen LogP contribution is 2.64. The van der Waals surface area contributed by atoms with E-state index in [-0.39, 0.29) is 27.1 Å². The van der Waals surface area contributed by atoms with Gasteiger partial charge in [-0.15, -0.1) is 0 Å². The molecular weight excluding hydrogens is 626 g/mol. The van der Waals surface area contributed by atoms with Gasteiger partial charge >= 0.3 is 5.97 Å². The van der Waals surface area contributed by atoms with Gasteiger partial charge in [0.15, 0.2) is 0 Å². The van der Waals surface area contributed by atoms with E-state index in [1.54, 1.807) is 17.9 Å². The molecule has 0 heterocycles. The van der Waals surface area contributed by atoms with Crippen molar-refractivity contribution in [3.63, 3.8) is 0 Å². The topological polar surface area (TPSA) is 72.8 Å². The van der Waals surface area contributed by atoms with Crippen LogP contribution in [0.15, 0.2) is 102 Å². The number of aliphatic carboxylic acids is 1. The van der Waals surface area contributed by atoms with Gasteiger partial charge in [-0.1, -0.05) is 127 Å². The standard InChI is InChI=1S/C39H50FO5PSi/c1-36(2,3)33(39(35(41)42,28-15-11-9-12-16-28)29-17-13-10-14-18-29)34(45-47)46(43,44-8)24-23-32-31(27-19-21-30(40)22-20-27)25-37(4,5)26-38(32,6)7/h9-24,33-34H,25-26H2,1-8,47H3,(H,41,42)/t33?,34-,46?/m0/s1. The molecule has 8 heteroatoms. The summed E-state index contributed by atoms with van der Waals surface area (Å²) in [6, 6.07) is 24.9. The summed E-state index contributed by atoms with van der Waals surface area (Å²) in [6.07, 6.45) is 3.55. The zero-order valence-corrected chi connectivity index (χ0v) is 32.1. The zero-order chi connectivity index (χ0) is 34.8.